The lowest BCUT2D eigenvalue weighted by molar-refractivity contribution is 0.0916. The number of benzene rings is 2. The highest BCUT2D eigenvalue weighted by Gasteiger charge is 2.23. The molecule has 0 saturated carbocycles. The molecule has 1 heterocycles. The molecule has 0 atom stereocenters. The minimum Gasteiger partial charge on any atom is -0.349 e. The molecular weight excluding hydrogens is 398 g/mol. The maximum absolute atomic E-state index is 12.8. The Morgan fingerprint density at radius 3 is 2.39 bits per heavy atom. The van der Waals surface area contributed by atoms with Crippen LogP contribution < -0.4 is 10.0 Å². The molecule has 0 aromatic heterocycles. The van der Waals surface area contributed by atoms with Crippen molar-refractivity contribution in [2.24, 2.45) is 0 Å². The molecule has 2 aromatic rings. The van der Waals surface area contributed by atoms with Crippen LogP contribution >= 0.6 is 11.6 Å². The summed E-state index contributed by atoms with van der Waals surface area (Å²) in [6.07, 6.45) is 1.74. The van der Waals surface area contributed by atoms with E-state index in [-0.39, 0.29) is 27.4 Å². The summed E-state index contributed by atoms with van der Waals surface area (Å²) in [4.78, 5) is 14.7. The van der Waals surface area contributed by atoms with E-state index in [1.807, 2.05) is 19.1 Å². The maximum Gasteiger partial charge on any atom is 0.263 e. The summed E-state index contributed by atoms with van der Waals surface area (Å²) in [5.74, 6) is -0.294. The number of rotatable bonds is 5. The summed E-state index contributed by atoms with van der Waals surface area (Å²) in [5, 5.41) is 3.05. The number of anilines is 1. The third kappa shape index (κ3) is 5.04. The van der Waals surface area contributed by atoms with Crippen molar-refractivity contribution in [3.63, 3.8) is 0 Å². The number of halogens is 1. The molecule has 0 unspecified atom stereocenters. The molecule has 0 aliphatic carbocycles. The zero-order valence-electron chi connectivity index (χ0n) is 15.9. The number of sulfonamides is 1. The summed E-state index contributed by atoms with van der Waals surface area (Å²) in [6.45, 7) is 3.76. The quantitative estimate of drug-likeness (QED) is 0.776. The van der Waals surface area contributed by atoms with Gasteiger partial charge in [0, 0.05) is 17.3 Å². The maximum atomic E-state index is 12.8. The molecule has 6 nitrogen and oxygen atoms in total. The summed E-state index contributed by atoms with van der Waals surface area (Å²) >= 11 is 6.13. The summed E-state index contributed by atoms with van der Waals surface area (Å²) < 4.78 is 28.1. The molecule has 1 fully saturated rings. The summed E-state index contributed by atoms with van der Waals surface area (Å²) in [6, 6.07) is 11.4. The molecule has 1 amide bonds. The fourth-order valence-corrected chi connectivity index (χ4v) is 4.69. The van der Waals surface area contributed by atoms with Crippen molar-refractivity contribution in [2.45, 2.75) is 30.7 Å². The molecule has 0 spiro atoms. The Balaban J connectivity index is 1.78. The van der Waals surface area contributed by atoms with Crippen molar-refractivity contribution < 1.29 is 13.2 Å². The topological polar surface area (TPSA) is 78.5 Å². The van der Waals surface area contributed by atoms with E-state index in [0.717, 1.165) is 31.5 Å². The highest BCUT2D eigenvalue weighted by atomic mass is 35.5. The zero-order valence-corrected chi connectivity index (χ0v) is 17.5. The monoisotopic (exact) mass is 421 g/mol. The van der Waals surface area contributed by atoms with Crippen LogP contribution in [0.2, 0.25) is 5.02 Å². The zero-order chi connectivity index (χ0) is 20.3. The van der Waals surface area contributed by atoms with E-state index < -0.39 is 10.0 Å². The van der Waals surface area contributed by atoms with Crippen LogP contribution in [-0.2, 0) is 10.0 Å². The van der Waals surface area contributed by atoms with Gasteiger partial charge in [-0.05, 0) is 70.2 Å². The Morgan fingerprint density at radius 1 is 1.11 bits per heavy atom. The molecule has 1 aliphatic rings. The minimum atomic E-state index is -3.92. The molecule has 8 heteroatoms. The Hall–Kier alpha value is -2.09. The van der Waals surface area contributed by atoms with E-state index in [0.29, 0.717) is 5.69 Å². The van der Waals surface area contributed by atoms with Crippen molar-refractivity contribution >= 4 is 33.2 Å². The van der Waals surface area contributed by atoms with Gasteiger partial charge in [0.15, 0.2) is 0 Å². The first-order valence-electron chi connectivity index (χ1n) is 9.13. The van der Waals surface area contributed by atoms with Gasteiger partial charge >= 0.3 is 0 Å². The van der Waals surface area contributed by atoms with E-state index in [2.05, 4.69) is 22.0 Å². The molecule has 0 radical (unpaired) electrons. The Labute approximate surface area is 170 Å². The number of hydrogen-bond donors (Lipinski definition) is 2. The highest BCUT2D eigenvalue weighted by Crippen LogP contribution is 2.25. The van der Waals surface area contributed by atoms with E-state index in [1.54, 1.807) is 12.1 Å². The van der Waals surface area contributed by atoms with Gasteiger partial charge in [0.05, 0.1) is 5.02 Å². The number of nitrogens with zero attached hydrogens (tertiary/aromatic N) is 1. The van der Waals surface area contributed by atoms with Crippen molar-refractivity contribution in [1.29, 1.82) is 0 Å². The van der Waals surface area contributed by atoms with Crippen LogP contribution in [0.4, 0.5) is 5.69 Å². The van der Waals surface area contributed by atoms with E-state index >= 15 is 0 Å². The third-order valence-electron chi connectivity index (χ3n) is 4.84. The van der Waals surface area contributed by atoms with Gasteiger partial charge in [0.1, 0.15) is 4.90 Å². The van der Waals surface area contributed by atoms with E-state index in [1.165, 1.54) is 18.2 Å². The molecule has 2 aromatic carbocycles. The van der Waals surface area contributed by atoms with E-state index in [4.69, 9.17) is 11.6 Å². The number of piperidine rings is 1. The number of nitrogens with one attached hydrogen (secondary N) is 2. The van der Waals surface area contributed by atoms with Gasteiger partial charge < -0.3 is 10.2 Å². The second kappa shape index (κ2) is 8.51. The van der Waals surface area contributed by atoms with Crippen molar-refractivity contribution in [3.8, 4) is 0 Å². The van der Waals surface area contributed by atoms with Gasteiger partial charge in [-0.2, -0.15) is 0 Å². The molecule has 1 saturated heterocycles. The number of carbonyl (C=O) groups excluding carboxylic acids is 1. The second-order valence-corrected chi connectivity index (χ2v) is 9.23. The SMILES string of the molecule is Cc1ccc(NS(=O)(=O)c2cc(C(=O)NC3CCN(C)CC3)ccc2Cl)cc1. The van der Waals surface area contributed by atoms with E-state index in [9.17, 15) is 13.2 Å². The molecular formula is C20H24ClN3O3S. The average Bonchev–Trinajstić information content (AvgIpc) is 2.65. The van der Waals surface area contributed by atoms with Gasteiger partial charge in [0.2, 0.25) is 0 Å². The van der Waals surface area contributed by atoms with Crippen molar-refractivity contribution in [3.05, 3.63) is 58.6 Å². The van der Waals surface area contributed by atoms with Crippen LogP contribution in [0.25, 0.3) is 0 Å². The third-order valence-corrected chi connectivity index (χ3v) is 6.70. The standard InChI is InChI=1S/C20H24ClN3O3S/c1-14-3-6-17(7-4-14)23-28(26,27)19-13-15(5-8-18(19)21)20(25)22-16-9-11-24(2)12-10-16/h3-8,13,16,23H,9-12H2,1-2H3,(H,22,25). The smallest absolute Gasteiger partial charge is 0.263 e. The van der Waals surface area contributed by atoms with Crippen LogP contribution in [0.1, 0.15) is 28.8 Å². The van der Waals surface area contributed by atoms with Gasteiger partial charge in [-0.15, -0.1) is 0 Å². The lowest BCUT2D eigenvalue weighted by Gasteiger charge is -2.29. The molecule has 0 bridgehead atoms. The predicted octanol–water partition coefficient (Wildman–Crippen LogP) is 3.27. The van der Waals surface area contributed by atoms with Gasteiger partial charge in [-0.25, -0.2) is 8.42 Å². The normalized spacial score (nSPS) is 16.0. The molecule has 3 rings (SSSR count). The molecule has 1 aliphatic heterocycles. The second-order valence-electron chi connectivity index (χ2n) is 7.17. The Morgan fingerprint density at radius 2 is 1.75 bits per heavy atom. The summed E-state index contributed by atoms with van der Waals surface area (Å²) in [5.41, 5.74) is 1.73. The van der Waals surface area contributed by atoms with Gasteiger partial charge in [-0.1, -0.05) is 29.3 Å². The van der Waals surface area contributed by atoms with Gasteiger partial charge in [0.25, 0.3) is 15.9 Å². The number of likely N-dealkylation sites (tertiary alicyclic amines) is 1. The lowest BCUT2D eigenvalue weighted by atomic mass is 10.0. The largest absolute Gasteiger partial charge is 0.349 e. The molecule has 150 valence electrons. The first-order valence-corrected chi connectivity index (χ1v) is 11.0. The van der Waals surface area contributed by atoms with Crippen LogP contribution in [0, 0.1) is 6.92 Å². The number of aryl methyl sites for hydroxylation is 1. The van der Waals surface area contributed by atoms with Gasteiger partial charge in [-0.3, -0.25) is 9.52 Å². The fraction of sp³-hybridized carbons (Fsp3) is 0.350. The minimum absolute atomic E-state index is 0.0652. The lowest BCUT2D eigenvalue weighted by Crippen LogP contribution is -2.43. The first kappa shape index (κ1) is 20.6. The average molecular weight is 422 g/mol. The fourth-order valence-electron chi connectivity index (χ4n) is 3.10. The Kier molecular flexibility index (Phi) is 6.27. The number of hydrogen-bond acceptors (Lipinski definition) is 4. The van der Waals surface area contributed by atoms with Crippen LogP contribution in [0.3, 0.4) is 0 Å². The Bertz CT molecular complexity index is 953. The van der Waals surface area contributed by atoms with Crippen LogP contribution in [0.15, 0.2) is 47.4 Å². The number of carbonyl (C=O) groups is 1. The number of amides is 1. The molecule has 2 N–H and O–H groups in total. The first-order chi connectivity index (χ1) is 13.2. The highest BCUT2D eigenvalue weighted by molar-refractivity contribution is 7.92. The predicted molar refractivity (Wildman–Crippen MR) is 111 cm³/mol. The molecule has 28 heavy (non-hydrogen) atoms. The van der Waals surface area contributed by atoms with Crippen molar-refractivity contribution in [1.82, 2.24) is 10.2 Å². The van der Waals surface area contributed by atoms with Crippen molar-refractivity contribution in [2.75, 3.05) is 24.9 Å². The van der Waals surface area contributed by atoms with Crippen LogP contribution in [0.5, 0.6) is 0 Å². The summed E-state index contributed by atoms with van der Waals surface area (Å²) in [7, 11) is -1.87. The van der Waals surface area contributed by atoms with Crippen LogP contribution in [-0.4, -0.2) is 45.4 Å².